The van der Waals surface area contributed by atoms with Gasteiger partial charge in [-0.2, -0.15) is 0 Å². The van der Waals surface area contributed by atoms with Crippen LogP contribution in [0, 0.1) is 0 Å². The van der Waals surface area contributed by atoms with Crippen LogP contribution in [0.2, 0.25) is 0 Å². The highest BCUT2D eigenvalue weighted by Crippen LogP contribution is 2.18. The molecule has 0 unspecified atom stereocenters. The third kappa shape index (κ3) is 4.92. The molecule has 0 radical (unpaired) electrons. The molecule has 6 nitrogen and oxygen atoms in total. The molecular weight excluding hydrogens is 328 g/mol. The second kappa shape index (κ2) is 8.83. The predicted octanol–water partition coefficient (Wildman–Crippen LogP) is 3.55. The highest BCUT2D eigenvalue weighted by atomic mass is 32.1. The Morgan fingerprint density at radius 2 is 2.00 bits per heavy atom. The van der Waals surface area contributed by atoms with Crippen LogP contribution in [0.3, 0.4) is 0 Å². The van der Waals surface area contributed by atoms with E-state index in [1.807, 2.05) is 24.4 Å². The Hall–Kier alpha value is -2.67. The number of oxime groups is 2. The van der Waals surface area contributed by atoms with E-state index in [1.165, 1.54) is 11.3 Å². The van der Waals surface area contributed by atoms with Crippen molar-refractivity contribution >= 4 is 28.7 Å². The number of phenolic OH excluding ortho intramolecular Hbond substituents is 1. The Bertz CT molecular complexity index is 739. The summed E-state index contributed by atoms with van der Waals surface area (Å²) in [6.45, 7) is 3.30. The quantitative estimate of drug-likeness (QED) is 0.472. The van der Waals surface area contributed by atoms with Crippen molar-refractivity contribution in [1.29, 1.82) is 0 Å². The number of rotatable bonds is 7. The predicted molar refractivity (Wildman–Crippen MR) is 93.5 cm³/mol. The van der Waals surface area contributed by atoms with Gasteiger partial charge in [-0.05, 0) is 36.9 Å². The van der Waals surface area contributed by atoms with Crippen molar-refractivity contribution < 1.29 is 19.6 Å². The number of hydrogen-bond acceptors (Lipinski definition) is 7. The molecule has 0 aliphatic rings. The summed E-state index contributed by atoms with van der Waals surface area (Å²) >= 11 is 1.53. The molecule has 126 valence electrons. The maximum absolute atomic E-state index is 11.7. The van der Waals surface area contributed by atoms with Crippen LogP contribution in [-0.4, -0.2) is 29.1 Å². The smallest absolute Gasteiger partial charge is 0.374 e. The summed E-state index contributed by atoms with van der Waals surface area (Å²) < 4.78 is 0. The maximum atomic E-state index is 11.7. The molecule has 1 N–H and O–H groups in total. The Morgan fingerprint density at radius 3 is 2.67 bits per heavy atom. The molecule has 24 heavy (non-hydrogen) atoms. The third-order valence-corrected chi connectivity index (χ3v) is 4.05. The van der Waals surface area contributed by atoms with E-state index in [0.717, 1.165) is 4.88 Å². The van der Waals surface area contributed by atoms with Crippen LogP contribution in [0.5, 0.6) is 5.75 Å². The van der Waals surface area contributed by atoms with Crippen molar-refractivity contribution in [2.24, 2.45) is 10.3 Å². The van der Waals surface area contributed by atoms with Gasteiger partial charge in [-0.15, -0.1) is 11.3 Å². The van der Waals surface area contributed by atoms with Crippen LogP contribution >= 0.6 is 11.3 Å². The first kappa shape index (κ1) is 17.7. The van der Waals surface area contributed by atoms with Gasteiger partial charge < -0.3 is 14.8 Å². The van der Waals surface area contributed by atoms with Gasteiger partial charge in [0, 0.05) is 5.56 Å². The van der Waals surface area contributed by atoms with Gasteiger partial charge in [-0.25, -0.2) is 4.79 Å². The molecule has 1 heterocycles. The summed E-state index contributed by atoms with van der Waals surface area (Å²) in [4.78, 5) is 22.4. The number of aromatic hydroxyl groups is 1. The van der Waals surface area contributed by atoms with Gasteiger partial charge in [0.05, 0.1) is 16.3 Å². The van der Waals surface area contributed by atoms with Crippen LogP contribution in [0.15, 0.2) is 52.1 Å². The van der Waals surface area contributed by atoms with Crippen LogP contribution < -0.4 is 0 Å². The van der Waals surface area contributed by atoms with Gasteiger partial charge in [0.25, 0.3) is 0 Å². The largest absolute Gasteiger partial charge is 0.507 e. The van der Waals surface area contributed by atoms with Gasteiger partial charge in [-0.1, -0.05) is 35.4 Å². The van der Waals surface area contributed by atoms with E-state index in [2.05, 4.69) is 10.3 Å². The monoisotopic (exact) mass is 346 g/mol. The van der Waals surface area contributed by atoms with E-state index in [4.69, 9.17) is 9.68 Å². The van der Waals surface area contributed by atoms with Crippen molar-refractivity contribution in [3.63, 3.8) is 0 Å². The molecule has 0 aliphatic carbocycles. The number of thiophene rings is 1. The minimum absolute atomic E-state index is 0.0848. The highest BCUT2D eigenvalue weighted by Gasteiger charge is 2.09. The number of carbonyl (C=O) groups is 1. The standard InChI is InChI=1S/C17H18N2O4S/c1-3-14(13-7-4-5-8-15(13)20)19-23-17(21)11-22-18-12(2)16-9-6-10-24-16/h4-10,20H,3,11H2,1-2H3/b18-12+,19-14-. The number of carbonyl (C=O) groups excluding carboxylic acids is 1. The highest BCUT2D eigenvalue weighted by molar-refractivity contribution is 7.12. The zero-order valence-corrected chi connectivity index (χ0v) is 14.2. The van der Waals surface area contributed by atoms with Gasteiger partial charge in [0.2, 0.25) is 6.61 Å². The fraction of sp³-hybridized carbons (Fsp3) is 0.235. The van der Waals surface area contributed by atoms with E-state index in [1.54, 1.807) is 31.2 Å². The molecule has 0 fully saturated rings. The van der Waals surface area contributed by atoms with Crippen LogP contribution in [0.4, 0.5) is 0 Å². The normalized spacial score (nSPS) is 12.1. The molecule has 2 aromatic rings. The summed E-state index contributed by atoms with van der Waals surface area (Å²) in [7, 11) is 0. The third-order valence-electron chi connectivity index (χ3n) is 3.07. The molecule has 0 amide bonds. The lowest BCUT2D eigenvalue weighted by molar-refractivity contribution is -0.148. The Kier molecular flexibility index (Phi) is 6.51. The molecule has 0 aliphatic heterocycles. The lowest BCUT2D eigenvalue weighted by Gasteiger charge is -2.05. The minimum Gasteiger partial charge on any atom is -0.507 e. The van der Waals surface area contributed by atoms with E-state index in [9.17, 15) is 9.90 Å². The molecule has 0 saturated carbocycles. The average Bonchev–Trinajstić information content (AvgIpc) is 3.11. The second-order valence-electron chi connectivity index (χ2n) is 4.80. The van der Waals surface area contributed by atoms with Gasteiger partial charge in [-0.3, -0.25) is 0 Å². The number of para-hydroxylation sites is 1. The zero-order chi connectivity index (χ0) is 17.4. The molecule has 7 heteroatoms. The molecule has 2 rings (SSSR count). The second-order valence-corrected chi connectivity index (χ2v) is 5.75. The molecule has 1 aromatic heterocycles. The summed E-state index contributed by atoms with van der Waals surface area (Å²) in [5, 5.41) is 19.4. The van der Waals surface area contributed by atoms with Crippen molar-refractivity contribution in [2.75, 3.05) is 6.61 Å². The first-order valence-corrected chi connectivity index (χ1v) is 8.25. The number of hydrogen-bond donors (Lipinski definition) is 1. The van der Waals surface area contributed by atoms with E-state index >= 15 is 0 Å². The van der Waals surface area contributed by atoms with E-state index in [0.29, 0.717) is 23.4 Å². The Balaban J connectivity index is 1.90. The Morgan fingerprint density at radius 1 is 1.21 bits per heavy atom. The fourth-order valence-electron chi connectivity index (χ4n) is 1.87. The van der Waals surface area contributed by atoms with Crippen molar-refractivity contribution in [3.05, 3.63) is 52.2 Å². The number of benzene rings is 1. The summed E-state index contributed by atoms with van der Waals surface area (Å²) in [6, 6.07) is 10.6. The van der Waals surface area contributed by atoms with Crippen molar-refractivity contribution in [2.45, 2.75) is 20.3 Å². The zero-order valence-electron chi connectivity index (χ0n) is 13.4. The Labute approximate surface area is 144 Å². The fourth-order valence-corrected chi connectivity index (χ4v) is 2.53. The molecule has 1 aromatic carbocycles. The molecule has 0 spiro atoms. The molecular formula is C17H18N2O4S. The number of nitrogens with zero attached hydrogens (tertiary/aromatic N) is 2. The first-order chi connectivity index (χ1) is 11.6. The summed E-state index contributed by atoms with van der Waals surface area (Å²) in [5.74, 6) is -0.583. The average molecular weight is 346 g/mol. The van der Waals surface area contributed by atoms with Crippen LogP contribution in [0.25, 0.3) is 0 Å². The van der Waals surface area contributed by atoms with E-state index < -0.39 is 5.97 Å². The molecule has 0 atom stereocenters. The van der Waals surface area contributed by atoms with Gasteiger partial charge >= 0.3 is 5.97 Å². The van der Waals surface area contributed by atoms with E-state index in [-0.39, 0.29) is 12.4 Å². The molecule has 0 saturated heterocycles. The lowest BCUT2D eigenvalue weighted by atomic mass is 10.1. The summed E-state index contributed by atoms with van der Waals surface area (Å²) in [6.07, 6.45) is 0.501. The minimum atomic E-state index is -0.667. The topological polar surface area (TPSA) is 80.5 Å². The SMILES string of the molecule is CC/C(=N/OC(=O)CO/N=C(\C)c1cccs1)c1ccccc1O. The molecule has 0 bridgehead atoms. The lowest BCUT2D eigenvalue weighted by Crippen LogP contribution is -2.10. The van der Waals surface area contributed by atoms with Crippen LogP contribution in [0.1, 0.15) is 30.7 Å². The van der Waals surface area contributed by atoms with Gasteiger partial charge in [0.1, 0.15) is 5.75 Å². The van der Waals surface area contributed by atoms with Crippen molar-refractivity contribution in [1.82, 2.24) is 0 Å². The van der Waals surface area contributed by atoms with Crippen molar-refractivity contribution in [3.8, 4) is 5.75 Å². The van der Waals surface area contributed by atoms with Gasteiger partial charge in [0.15, 0.2) is 0 Å². The first-order valence-electron chi connectivity index (χ1n) is 7.37. The number of phenols is 1. The summed E-state index contributed by atoms with van der Waals surface area (Å²) in [5.41, 5.74) is 1.68. The van der Waals surface area contributed by atoms with Crippen LogP contribution in [-0.2, 0) is 14.5 Å². The maximum Gasteiger partial charge on any atom is 0.374 e.